The highest BCUT2D eigenvalue weighted by atomic mass is 16.5. The summed E-state index contributed by atoms with van der Waals surface area (Å²) in [6, 6.07) is 12.2. The molecule has 3 rings (SSSR count). The number of nitrogens with one attached hydrogen (secondary N) is 1. The number of hydrogen-bond donors (Lipinski definition) is 1. The Balaban J connectivity index is 1.82. The number of ether oxygens (including phenoxy) is 3. The smallest absolute Gasteiger partial charge is 0.338 e. The molecule has 3 aromatic rings. The topological polar surface area (TPSA) is 77.6 Å². The first-order chi connectivity index (χ1) is 13.0. The molecular formula is C21H21NO5. The SMILES string of the molecule is COc1ccc(C(=O)OC(C)C(=O)c2c(C)[nH]c3ccccc23)cc1OC. The zero-order valence-corrected chi connectivity index (χ0v) is 15.7. The van der Waals surface area contributed by atoms with Gasteiger partial charge in [0.25, 0.3) is 0 Å². The number of aryl methyl sites for hydroxylation is 1. The summed E-state index contributed by atoms with van der Waals surface area (Å²) in [5.41, 5.74) is 2.44. The lowest BCUT2D eigenvalue weighted by molar-refractivity contribution is 0.0318. The molecule has 0 amide bonds. The van der Waals surface area contributed by atoms with Gasteiger partial charge in [0.15, 0.2) is 17.6 Å². The van der Waals surface area contributed by atoms with Crippen molar-refractivity contribution in [3.8, 4) is 11.5 Å². The lowest BCUT2D eigenvalue weighted by Crippen LogP contribution is -2.25. The summed E-state index contributed by atoms with van der Waals surface area (Å²) in [5.74, 6) is 0.0686. The first-order valence-electron chi connectivity index (χ1n) is 8.50. The Kier molecular flexibility index (Phi) is 5.16. The number of fused-ring (bicyclic) bond motifs is 1. The minimum Gasteiger partial charge on any atom is -0.493 e. The largest absolute Gasteiger partial charge is 0.493 e. The molecule has 1 N–H and O–H groups in total. The van der Waals surface area contributed by atoms with Crippen molar-refractivity contribution in [2.75, 3.05) is 14.2 Å². The van der Waals surface area contributed by atoms with Gasteiger partial charge >= 0.3 is 5.97 Å². The monoisotopic (exact) mass is 367 g/mol. The fraction of sp³-hybridized carbons (Fsp3) is 0.238. The van der Waals surface area contributed by atoms with Crippen LogP contribution in [-0.4, -0.2) is 37.1 Å². The van der Waals surface area contributed by atoms with Gasteiger partial charge in [0.1, 0.15) is 0 Å². The van der Waals surface area contributed by atoms with Gasteiger partial charge < -0.3 is 19.2 Å². The maximum Gasteiger partial charge on any atom is 0.338 e. The van der Waals surface area contributed by atoms with Gasteiger partial charge in [0, 0.05) is 22.2 Å². The van der Waals surface area contributed by atoms with Crippen LogP contribution in [0.2, 0.25) is 0 Å². The van der Waals surface area contributed by atoms with Crippen LogP contribution in [0.5, 0.6) is 11.5 Å². The van der Waals surface area contributed by atoms with Crippen molar-refractivity contribution >= 4 is 22.7 Å². The van der Waals surface area contributed by atoms with E-state index >= 15 is 0 Å². The van der Waals surface area contributed by atoms with Gasteiger partial charge in [-0.05, 0) is 38.1 Å². The third-order valence-corrected chi connectivity index (χ3v) is 4.41. The summed E-state index contributed by atoms with van der Waals surface area (Å²) < 4.78 is 15.8. The molecule has 140 valence electrons. The molecule has 0 fully saturated rings. The van der Waals surface area contributed by atoms with Crippen LogP contribution in [0.3, 0.4) is 0 Å². The normalized spacial score (nSPS) is 11.9. The molecule has 2 aromatic carbocycles. The van der Waals surface area contributed by atoms with Crippen molar-refractivity contribution in [2.24, 2.45) is 0 Å². The Morgan fingerprint density at radius 1 is 1.00 bits per heavy atom. The summed E-state index contributed by atoms with van der Waals surface area (Å²) in [5, 5.41) is 0.814. The van der Waals surface area contributed by atoms with Gasteiger partial charge in [0.05, 0.1) is 19.8 Å². The number of para-hydroxylation sites is 1. The molecule has 0 radical (unpaired) electrons. The molecule has 6 nitrogen and oxygen atoms in total. The molecule has 0 saturated carbocycles. The minimum absolute atomic E-state index is 0.251. The van der Waals surface area contributed by atoms with Gasteiger partial charge in [0.2, 0.25) is 5.78 Å². The number of Topliss-reactive ketones (excluding diaryl/α,β-unsaturated/α-hetero) is 1. The van der Waals surface area contributed by atoms with Crippen LogP contribution in [0.25, 0.3) is 10.9 Å². The fourth-order valence-corrected chi connectivity index (χ4v) is 3.04. The van der Waals surface area contributed by atoms with E-state index in [0.29, 0.717) is 17.1 Å². The number of aromatic amines is 1. The van der Waals surface area contributed by atoms with Crippen molar-refractivity contribution in [1.82, 2.24) is 4.98 Å². The van der Waals surface area contributed by atoms with E-state index in [2.05, 4.69) is 4.98 Å². The number of ketones is 1. The molecule has 0 aliphatic heterocycles. The number of rotatable bonds is 6. The predicted molar refractivity (Wildman–Crippen MR) is 102 cm³/mol. The van der Waals surface area contributed by atoms with Gasteiger partial charge in [-0.15, -0.1) is 0 Å². The van der Waals surface area contributed by atoms with Crippen molar-refractivity contribution in [3.05, 3.63) is 59.3 Å². The first kappa shape index (κ1) is 18.5. The van der Waals surface area contributed by atoms with Crippen LogP contribution in [0.1, 0.15) is 33.3 Å². The summed E-state index contributed by atoms with van der Waals surface area (Å²) in [6.07, 6.45) is -0.927. The average molecular weight is 367 g/mol. The van der Waals surface area contributed by atoms with E-state index in [-0.39, 0.29) is 11.3 Å². The van der Waals surface area contributed by atoms with E-state index in [1.54, 1.807) is 19.1 Å². The molecule has 0 aliphatic carbocycles. The van der Waals surface area contributed by atoms with Crippen LogP contribution in [0.15, 0.2) is 42.5 Å². The summed E-state index contributed by atoms with van der Waals surface area (Å²) in [7, 11) is 3.00. The number of carbonyl (C=O) groups is 2. The molecule has 1 unspecified atom stereocenters. The second-order valence-electron chi connectivity index (χ2n) is 6.15. The number of carbonyl (C=O) groups excluding carboxylic acids is 2. The molecule has 0 saturated heterocycles. The lowest BCUT2D eigenvalue weighted by atomic mass is 10.0. The molecule has 0 aliphatic rings. The predicted octanol–water partition coefficient (Wildman–Crippen LogP) is 3.92. The number of benzene rings is 2. The van der Waals surface area contributed by atoms with E-state index in [4.69, 9.17) is 14.2 Å². The number of methoxy groups -OCH3 is 2. The average Bonchev–Trinajstić information content (AvgIpc) is 3.02. The van der Waals surface area contributed by atoms with E-state index in [0.717, 1.165) is 16.6 Å². The lowest BCUT2D eigenvalue weighted by Gasteiger charge is -2.14. The standard InChI is InChI=1S/C21H21NO5/c1-12-19(15-7-5-6-8-16(15)22-12)20(23)13(2)27-21(24)14-9-10-17(25-3)18(11-14)26-4/h5-11,13,22H,1-4H3. The Morgan fingerprint density at radius 3 is 2.41 bits per heavy atom. The summed E-state index contributed by atoms with van der Waals surface area (Å²) >= 11 is 0. The van der Waals surface area contributed by atoms with E-state index in [1.165, 1.54) is 20.3 Å². The molecule has 27 heavy (non-hydrogen) atoms. The fourth-order valence-electron chi connectivity index (χ4n) is 3.04. The third kappa shape index (κ3) is 3.51. The van der Waals surface area contributed by atoms with Gasteiger partial charge in [-0.2, -0.15) is 0 Å². The Bertz CT molecular complexity index is 1000. The second kappa shape index (κ2) is 7.53. The van der Waals surface area contributed by atoms with Crippen LogP contribution < -0.4 is 9.47 Å². The van der Waals surface area contributed by atoms with Crippen molar-refractivity contribution in [3.63, 3.8) is 0 Å². The molecule has 6 heteroatoms. The maximum absolute atomic E-state index is 12.9. The second-order valence-corrected chi connectivity index (χ2v) is 6.15. The van der Waals surface area contributed by atoms with Crippen molar-refractivity contribution < 1.29 is 23.8 Å². The molecule has 1 heterocycles. The van der Waals surface area contributed by atoms with E-state index < -0.39 is 12.1 Å². The van der Waals surface area contributed by atoms with Gasteiger partial charge in [-0.25, -0.2) is 4.79 Å². The molecular weight excluding hydrogens is 346 g/mol. The van der Waals surface area contributed by atoms with E-state index in [9.17, 15) is 9.59 Å². The van der Waals surface area contributed by atoms with Crippen LogP contribution in [-0.2, 0) is 4.74 Å². The highest BCUT2D eigenvalue weighted by Crippen LogP contribution is 2.28. The van der Waals surface area contributed by atoms with E-state index in [1.807, 2.05) is 31.2 Å². The molecule has 1 atom stereocenters. The zero-order valence-electron chi connectivity index (χ0n) is 15.7. The molecule has 0 bridgehead atoms. The van der Waals surface area contributed by atoms with Gasteiger partial charge in [-0.3, -0.25) is 4.79 Å². The van der Waals surface area contributed by atoms with Crippen LogP contribution in [0.4, 0.5) is 0 Å². The maximum atomic E-state index is 12.9. The highest BCUT2D eigenvalue weighted by molar-refractivity contribution is 6.11. The Hall–Kier alpha value is -3.28. The van der Waals surface area contributed by atoms with Crippen LogP contribution >= 0.6 is 0 Å². The van der Waals surface area contributed by atoms with Crippen molar-refractivity contribution in [2.45, 2.75) is 20.0 Å². The number of esters is 1. The Labute approximate surface area is 157 Å². The number of hydrogen-bond acceptors (Lipinski definition) is 5. The Morgan fingerprint density at radius 2 is 1.70 bits per heavy atom. The summed E-state index contributed by atoms with van der Waals surface area (Å²) in [4.78, 5) is 28.5. The van der Waals surface area contributed by atoms with Gasteiger partial charge in [-0.1, -0.05) is 18.2 Å². The first-order valence-corrected chi connectivity index (χ1v) is 8.50. The summed E-state index contributed by atoms with van der Waals surface area (Å²) in [6.45, 7) is 3.40. The minimum atomic E-state index is -0.927. The third-order valence-electron chi connectivity index (χ3n) is 4.41. The number of H-pyrrole nitrogens is 1. The quantitative estimate of drug-likeness (QED) is 0.528. The highest BCUT2D eigenvalue weighted by Gasteiger charge is 2.25. The molecule has 1 aromatic heterocycles. The zero-order chi connectivity index (χ0) is 19.6. The van der Waals surface area contributed by atoms with Crippen molar-refractivity contribution in [1.29, 1.82) is 0 Å². The molecule has 0 spiro atoms. The number of aromatic nitrogens is 1. The van der Waals surface area contributed by atoms with Crippen LogP contribution in [0, 0.1) is 6.92 Å².